The summed E-state index contributed by atoms with van der Waals surface area (Å²) in [6.45, 7) is 1.92. The number of aliphatic hydroxyl groups excluding tert-OH is 1. The van der Waals surface area contributed by atoms with Crippen LogP contribution in [0.4, 0.5) is 0 Å². The van der Waals surface area contributed by atoms with Crippen LogP contribution in [0.3, 0.4) is 0 Å². The second-order valence-corrected chi connectivity index (χ2v) is 4.11. The molecule has 0 amide bonds. The molecule has 0 bridgehead atoms. The van der Waals surface area contributed by atoms with Gasteiger partial charge in [-0.25, -0.2) is 0 Å². The van der Waals surface area contributed by atoms with E-state index in [9.17, 15) is 0 Å². The van der Waals surface area contributed by atoms with Crippen molar-refractivity contribution >= 4 is 0 Å². The van der Waals surface area contributed by atoms with E-state index in [2.05, 4.69) is 4.98 Å². The predicted molar refractivity (Wildman–Crippen MR) is 69.3 cm³/mol. The van der Waals surface area contributed by atoms with Crippen molar-refractivity contribution in [1.82, 2.24) is 4.98 Å². The minimum absolute atomic E-state index is 0.0327. The summed E-state index contributed by atoms with van der Waals surface area (Å²) in [5, 5.41) is 8.94. The molecule has 94 valence electrons. The fourth-order valence-corrected chi connectivity index (χ4v) is 1.52. The predicted octanol–water partition coefficient (Wildman–Crippen LogP) is 2.39. The molecule has 0 unspecified atom stereocenters. The van der Waals surface area contributed by atoms with Gasteiger partial charge >= 0.3 is 0 Å². The first-order chi connectivity index (χ1) is 8.69. The highest BCUT2D eigenvalue weighted by molar-refractivity contribution is 5.32. The maximum absolute atomic E-state index is 8.94. The number of benzene rings is 1. The van der Waals surface area contributed by atoms with Crippen LogP contribution in [0.2, 0.25) is 0 Å². The molecule has 0 saturated heterocycles. The first-order valence-corrected chi connectivity index (χ1v) is 5.78. The van der Waals surface area contributed by atoms with Crippen molar-refractivity contribution in [3.63, 3.8) is 0 Å². The molecule has 0 fully saturated rings. The fourth-order valence-electron chi connectivity index (χ4n) is 1.52. The molecule has 3 N–H and O–H groups in total. The van der Waals surface area contributed by atoms with E-state index in [0.717, 1.165) is 11.3 Å². The van der Waals surface area contributed by atoms with Crippen LogP contribution in [0.1, 0.15) is 24.2 Å². The Bertz CT molecular complexity index is 492. The van der Waals surface area contributed by atoms with E-state index >= 15 is 0 Å². The van der Waals surface area contributed by atoms with Crippen LogP contribution in [0, 0.1) is 0 Å². The summed E-state index contributed by atoms with van der Waals surface area (Å²) in [5.74, 6) is 1.37. The number of hydrogen-bond acceptors (Lipinski definition) is 4. The Labute approximate surface area is 106 Å². The summed E-state index contributed by atoms with van der Waals surface area (Å²) in [5.41, 5.74) is 7.41. The van der Waals surface area contributed by atoms with Crippen LogP contribution in [0.25, 0.3) is 0 Å². The molecule has 18 heavy (non-hydrogen) atoms. The van der Waals surface area contributed by atoms with Crippen molar-refractivity contribution in [3.8, 4) is 11.5 Å². The molecular formula is C14H16N2O2. The van der Waals surface area contributed by atoms with E-state index in [4.69, 9.17) is 15.6 Å². The SMILES string of the molecule is C[C@@H](N)c1ccc(Oc2ccc(CO)cc2)cn1. The third kappa shape index (κ3) is 3.06. The highest BCUT2D eigenvalue weighted by Gasteiger charge is 2.02. The average molecular weight is 244 g/mol. The molecule has 4 heteroatoms. The third-order valence-electron chi connectivity index (χ3n) is 2.57. The topological polar surface area (TPSA) is 68.4 Å². The van der Waals surface area contributed by atoms with Gasteiger partial charge in [-0.2, -0.15) is 0 Å². The Hall–Kier alpha value is -1.91. The van der Waals surface area contributed by atoms with Gasteiger partial charge in [0.05, 0.1) is 18.5 Å². The highest BCUT2D eigenvalue weighted by Crippen LogP contribution is 2.21. The smallest absolute Gasteiger partial charge is 0.145 e. The Morgan fingerprint density at radius 1 is 1.17 bits per heavy atom. The molecule has 1 aromatic heterocycles. The van der Waals surface area contributed by atoms with Crippen LogP contribution < -0.4 is 10.5 Å². The van der Waals surface area contributed by atoms with Gasteiger partial charge in [-0.3, -0.25) is 4.98 Å². The van der Waals surface area contributed by atoms with E-state index in [1.165, 1.54) is 0 Å². The Balaban J connectivity index is 2.08. The molecule has 0 aliphatic rings. The van der Waals surface area contributed by atoms with Crippen molar-refractivity contribution in [2.75, 3.05) is 0 Å². The fraction of sp³-hybridized carbons (Fsp3) is 0.214. The molecule has 0 aliphatic heterocycles. The number of hydrogen-bond donors (Lipinski definition) is 2. The molecule has 1 aromatic carbocycles. The molecular weight excluding hydrogens is 228 g/mol. The van der Waals surface area contributed by atoms with Crippen molar-refractivity contribution in [3.05, 3.63) is 53.9 Å². The lowest BCUT2D eigenvalue weighted by atomic mass is 10.2. The van der Waals surface area contributed by atoms with Crippen LogP contribution in [-0.4, -0.2) is 10.1 Å². The van der Waals surface area contributed by atoms with E-state index in [0.29, 0.717) is 11.5 Å². The molecule has 0 aliphatic carbocycles. The summed E-state index contributed by atoms with van der Waals surface area (Å²) in [6, 6.07) is 10.9. The monoisotopic (exact) mass is 244 g/mol. The zero-order valence-electron chi connectivity index (χ0n) is 10.2. The van der Waals surface area contributed by atoms with Crippen molar-refractivity contribution in [2.24, 2.45) is 5.73 Å². The second kappa shape index (κ2) is 5.62. The lowest BCUT2D eigenvalue weighted by Crippen LogP contribution is -2.06. The van der Waals surface area contributed by atoms with Gasteiger partial charge in [0.15, 0.2) is 0 Å². The first kappa shape index (κ1) is 12.5. The van der Waals surface area contributed by atoms with E-state index in [1.54, 1.807) is 6.20 Å². The van der Waals surface area contributed by atoms with Crippen LogP contribution in [0.15, 0.2) is 42.6 Å². The number of pyridine rings is 1. The van der Waals surface area contributed by atoms with E-state index in [1.807, 2.05) is 43.3 Å². The molecule has 1 atom stereocenters. The van der Waals surface area contributed by atoms with Crippen molar-refractivity contribution in [1.29, 1.82) is 0 Å². The summed E-state index contributed by atoms with van der Waals surface area (Å²) < 4.78 is 5.63. The van der Waals surface area contributed by atoms with Crippen molar-refractivity contribution in [2.45, 2.75) is 19.6 Å². The number of aromatic nitrogens is 1. The largest absolute Gasteiger partial charge is 0.456 e. The maximum atomic E-state index is 8.94. The normalized spacial score (nSPS) is 12.2. The third-order valence-corrected chi connectivity index (χ3v) is 2.57. The van der Waals surface area contributed by atoms with Gasteiger partial charge in [0.2, 0.25) is 0 Å². The first-order valence-electron chi connectivity index (χ1n) is 5.78. The van der Waals surface area contributed by atoms with Crippen LogP contribution in [0.5, 0.6) is 11.5 Å². The second-order valence-electron chi connectivity index (χ2n) is 4.11. The number of nitrogens with zero attached hydrogens (tertiary/aromatic N) is 1. The molecule has 0 saturated carbocycles. The molecule has 0 radical (unpaired) electrons. The quantitative estimate of drug-likeness (QED) is 0.866. The number of nitrogens with two attached hydrogens (primary N) is 1. The number of aliphatic hydroxyl groups is 1. The zero-order valence-corrected chi connectivity index (χ0v) is 10.2. The van der Waals surface area contributed by atoms with Crippen LogP contribution >= 0.6 is 0 Å². The minimum Gasteiger partial charge on any atom is -0.456 e. The van der Waals surface area contributed by atoms with Gasteiger partial charge in [0, 0.05) is 6.04 Å². The van der Waals surface area contributed by atoms with Gasteiger partial charge in [0.25, 0.3) is 0 Å². The number of ether oxygens (including phenoxy) is 1. The Kier molecular flexibility index (Phi) is 3.92. The molecule has 2 rings (SSSR count). The summed E-state index contributed by atoms with van der Waals surface area (Å²) in [7, 11) is 0. The highest BCUT2D eigenvalue weighted by atomic mass is 16.5. The molecule has 2 aromatic rings. The number of rotatable bonds is 4. The Morgan fingerprint density at radius 3 is 2.33 bits per heavy atom. The molecule has 4 nitrogen and oxygen atoms in total. The van der Waals surface area contributed by atoms with Gasteiger partial charge in [-0.05, 0) is 36.8 Å². The summed E-state index contributed by atoms with van der Waals surface area (Å²) in [4.78, 5) is 4.22. The van der Waals surface area contributed by atoms with Gasteiger partial charge in [-0.15, -0.1) is 0 Å². The Morgan fingerprint density at radius 2 is 1.83 bits per heavy atom. The van der Waals surface area contributed by atoms with Crippen molar-refractivity contribution < 1.29 is 9.84 Å². The van der Waals surface area contributed by atoms with E-state index in [-0.39, 0.29) is 12.6 Å². The minimum atomic E-state index is -0.0807. The summed E-state index contributed by atoms with van der Waals surface area (Å²) >= 11 is 0. The van der Waals surface area contributed by atoms with Crippen LogP contribution in [-0.2, 0) is 6.61 Å². The molecule has 1 heterocycles. The van der Waals surface area contributed by atoms with Gasteiger partial charge < -0.3 is 15.6 Å². The lowest BCUT2D eigenvalue weighted by Gasteiger charge is -2.08. The standard InChI is InChI=1S/C14H16N2O2/c1-10(15)14-7-6-13(8-16-14)18-12-4-2-11(9-17)3-5-12/h2-8,10,17H,9,15H2,1H3/t10-/m1/s1. The molecule has 0 spiro atoms. The summed E-state index contributed by atoms with van der Waals surface area (Å²) in [6.07, 6.45) is 1.65. The maximum Gasteiger partial charge on any atom is 0.145 e. The lowest BCUT2D eigenvalue weighted by molar-refractivity contribution is 0.281. The van der Waals surface area contributed by atoms with Gasteiger partial charge in [-0.1, -0.05) is 12.1 Å². The van der Waals surface area contributed by atoms with E-state index < -0.39 is 0 Å². The zero-order chi connectivity index (χ0) is 13.0. The average Bonchev–Trinajstić information content (AvgIpc) is 2.40. The van der Waals surface area contributed by atoms with Gasteiger partial charge in [0.1, 0.15) is 11.5 Å².